The van der Waals surface area contributed by atoms with E-state index in [2.05, 4.69) is 15.9 Å². The SMILES string of the molecule is CC(C)C[C@H](OC(c1ccc(Br)cc1)c1cccs1)C(=O)O. The van der Waals surface area contributed by atoms with Crippen LogP contribution in [-0.4, -0.2) is 17.2 Å². The van der Waals surface area contributed by atoms with Gasteiger partial charge in [0.15, 0.2) is 6.10 Å². The average molecular weight is 383 g/mol. The van der Waals surface area contributed by atoms with E-state index in [0.29, 0.717) is 6.42 Å². The Kier molecular flexibility index (Phi) is 6.17. The summed E-state index contributed by atoms with van der Waals surface area (Å²) in [7, 11) is 0. The smallest absolute Gasteiger partial charge is 0.332 e. The van der Waals surface area contributed by atoms with Gasteiger partial charge in [0.05, 0.1) is 0 Å². The summed E-state index contributed by atoms with van der Waals surface area (Å²) in [6, 6.07) is 11.7. The van der Waals surface area contributed by atoms with Gasteiger partial charge in [0.2, 0.25) is 0 Å². The molecule has 1 N–H and O–H groups in total. The van der Waals surface area contributed by atoms with Crippen LogP contribution in [0.3, 0.4) is 0 Å². The molecule has 5 heteroatoms. The Morgan fingerprint density at radius 1 is 1.27 bits per heavy atom. The quantitative estimate of drug-likeness (QED) is 0.722. The highest BCUT2D eigenvalue weighted by Crippen LogP contribution is 2.32. The van der Waals surface area contributed by atoms with Gasteiger partial charge < -0.3 is 9.84 Å². The first-order chi connectivity index (χ1) is 10.5. The second-order valence-electron chi connectivity index (χ2n) is 5.54. The third kappa shape index (κ3) is 4.66. The van der Waals surface area contributed by atoms with Gasteiger partial charge >= 0.3 is 5.97 Å². The van der Waals surface area contributed by atoms with Gasteiger partial charge in [0.1, 0.15) is 6.10 Å². The van der Waals surface area contributed by atoms with Crippen LogP contribution in [0.4, 0.5) is 0 Å². The molecule has 1 aromatic heterocycles. The molecule has 0 radical (unpaired) electrons. The summed E-state index contributed by atoms with van der Waals surface area (Å²) in [6.45, 7) is 4.00. The topological polar surface area (TPSA) is 46.5 Å². The van der Waals surface area contributed by atoms with E-state index in [4.69, 9.17) is 4.74 Å². The summed E-state index contributed by atoms with van der Waals surface area (Å²) in [4.78, 5) is 12.5. The van der Waals surface area contributed by atoms with Crippen molar-refractivity contribution in [2.75, 3.05) is 0 Å². The van der Waals surface area contributed by atoms with E-state index in [9.17, 15) is 9.90 Å². The molecule has 22 heavy (non-hydrogen) atoms. The predicted octanol–water partition coefficient (Wildman–Crippen LogP) is 5.12. The molecule has 0 spiro atoms. The second kappa shape index (κ2) is 7.90. The van der Waals surface area contributed by atoms with Gasteiger partial charge in [-0.25, -0.2) is 4.79 Å². The van der Waals surface area contributed by atoms with Crippen molar-refractivity contribution in [3.8, 4) is 0 Å². The molecule has 1 unspecified atom stereocenters. The molecule has 0 saturated heterocycles. The zero-order valence-corrected chi connectivity index (χ0v) is 14.9. The fraction of sp³-hybridized carbons (Fsp3) is 0.353. The Bertz CT molecular complexity index is 593. The highest BCUT2D eigenvalue weighted by atomic mass is 79.9. The number of benzene rings is 1. The van der Waals surface area contributed by atoms with Gasteiger partial charge in [-0.1, -0.05) is 48.0 Å². The first kappa shape index (κ1) is 17.2. The van der Waals surface area contributed by atoms with E-state index in [1.807, 2.05) is 55.6 Å². The van der Waals surface area contributed by atoms with Crippen LogP contribution in [0.25, 0.3) is 0 Å². The first-order valence-electron chi connectivity index (χ1n) is 7.14. The maximum atomic E-state index is 11.5. The predicted molar refractivity (Wildman–Crippen MR) is 92.3 cm³/mol. The van der Waals surface area contributed by atoms with Gasteiger partial charge in [-0.3, -0.25) is 0 Å². The van der Waals surface area contributed by atoms with E-state index in [-0.39, 0.29) is 12.0 Å². The highest BCUT2D eigenvalue weighted by molar-refractivity contribution is 9.10. The first-order valence-corrected chi connectivity index (χ1v) is 8.81. The summed E-state index contributed by atoms with van der Waals surface area (Å²) >= 11 is 4.99. The van der Waals surface area contributed by atoms with Crippen molar-refractivity contribution in [1.82, 2.24) is 0 Å². The minimum absolute atomic E-state index is 0.259. The van der Waals surface area contributed by atoms with Crippen LogP contribution in [0.5, 0.6) is 0 Å². The number of thiophene rings is 1. The van der Waals surface area contributed by atoms with Crippen LogP contribution in [-0.2, 0) is 9.53 Å². The number of rotatable bonds is 7. The lowest BCUT2D eigenvalue weighted by molar-refractivity contribution is -0.154. The average Bonchev–Trinajstić information content (AvgIpc) is 2.98. The van der Waals surface area contributed by atoms with Gasteiger partial charge in [0.25, 0.3) is 0 Å². The fourth-order valence-corrected chi connectivity index (χ4v) is 3.25. The Morgan fingerprint density at radius 3 is 2.45 bits per heavy atom. The van der Waals surface area contributed by atoms with Crippen LogP contribution in [0.2, 0.25) is 0 Å². The summed E-state index contributed by atoms with van der Waals surface area (Å²) in [5.41, 5.74) is 0.959. The molecule has 0 aliphatic heterocycles. The molecule has 2 aromatic rings. The zero-order valence-electron chi connectivity index (χ0n) is 12.5. The molecule has 2 rings (SSSR count). The van der Waals surface area contributed by atoms with Gasteiger partial charge in [-0.15, -0.1) is 11.3 Å². The van der Waals surface area contributed by atoms with Crippen molar-refractivity contribution >= 4 is 33.2 Å². The Labute approximate surface area is 143 Å². The lowest BCUT2D eigenvalue weighted by Crippen LogP contribution is -2.27. The number of ether oxygens (including phenoxy) is 1. The summed E-state index contributed by atoms with van der Waals surface area (Å²) < 4.78 is 6.97. The minimum Gasteiger partial charge on any atom is -0.479 e. The number of hydrogen-bond acceptors (Lipinski definition) is 3. The van der Waals surface area contributed by atoms with Crippen molar-refractivity contribution in [2.45, 2.75) is 32.5 Å². The third-order valence-electron chi connectivity index (χ3n) is 3.24. The van der Waals surface area contributed by atoms with Gasteiger partial charge in [-0.2, -0.15) is 0 Å². The van der Waals surface area contributed by atoms with Crippen LogP contribution < -0.4 is 0 Å². The molecule has 0 saturated carbocycles. The monoisotopic (exact) mass is 382 g/mol. The number of aliphatic carboxylic acids is 1. The van der Waals surface area contributed by atoms with E-state index in [0.717, 1.165) is 14.9 Å². The van der Waals surface area contributed by atoms with Crippen LogP contribution in [0, 0.1) is 5.92 Å². The molecular weight excluding hydrogens is 364 g/mol. The Morgan fingerprint density at radius 2 is 1.95 bits per heavy atom. The highest BCUT2D eigenvalue weighted by Gasteiger charge is 2.26. The lowest BCUT2D eigenvalue weighted by atomic mass is 10.0. The molecule has 1 heterocycles. The number of carbonyl (C=O) groups is 1. The normalized spacial score (nSPS) is 14.0. The summed E-state index contributed by atoms with van der Waals surface area (Å²) in [5, 5.41) is 11.4. The van der Waals surface area contributed by atoms with E-state index < -0.39 is 12.1 Å². The van der Waals surface area contributed by atoms with Crippen molar-refractivity contribution in [2.24, 2.45) is 5.92 Å². The van der Waals surface area contributed by atoms with Crippen molar-refractivity contribution in [3.05, 3.63) is 56.7 Å². The standard InChI is InChI=1S/C17H19BrO3S/c1-11(2)10-14(17(19)20)21-16(15-4-3-9-22-15)12-5-7-13(18)8-6-12/h3-9,11,14,16H,10H2,1-2H3,(H,19,20)/t14-,16?/m0/s1. The number of hydrogen-bond donors (Lipinski definition) is 1. The Hall–Kier alpha value is -1.17. The molecule has 0 aliphatic carbocycles. The third-order valence-corrected chi connectivity index (χ3v) is 4.68. The summed E-state index contributed by atoms with van der Waals surface area (Å²) in [5.74, 6) is -0.651. The molecule has 0 aliphatic rings. The number of carboxylic acids is 1. The number of halogens is 1. The van der Waals surface area contributed by atoms with Crippen molar-refractivity contribution in [1.29, 1.82) is 0 Å². The van der Waals surface area contributed by atoms with Gasteiger partial charge in [0, 0.05) is 9.35 Å². The minimum atomic E-state index is -0.910. The molecule has 2 atom stereocenters. The van der Waals surface area contributed by atoms with Crippen LogP contribution in [0.15, 0.2) is 46.3 Å². The maximum Gasteiger partial charge on any atom is 0.332 e. The fourth-order valence-electron chi connectivity index (χ4n) is 2.19. The molecular formula is C17H19BrO3S. The molecule has 3 nitrogen and oxygen atoms in total. The largest absolute Gasteiger partial charge is 0.479 e. The lowest BCUT2D eigenvalue weighted by Gasteiger charge is -2.23. The molecule has 1 aromatic carbocycles. The van der Waals surface area contributed by atoms with E-state index >= 15 is 0 Å². The second-order valence-corrected chi connectivity index (χ2v) is 7.43. The van der Waals surface area contributed by atoms with Crippen molar-refractivity contribution < 1.29 is 14.6 Å². The Balaban J connectivity index is 2.28. The summed E-state index contributed by atoms with van der Waals surface area (Å²) in [6.07, 6.45) is -0.669. The molecule has 118 valence electrons. The van der Waals surface area contributed by atoms with Crippen LogP contribution >= 0.6 is 27.3 Å². The molecule has 0 bridgehead atoms. The maximum absolute atomic E-state index is 11.5. The van der Waals surface area contributed by atoms with E-state index in [1.54, 1.807) is 11.3 Å². The van der Waals surface area contributed by atoms with Crippen LogP contribution in [0.1, 0.15) is 36.8 Å². The molecule has 0 amide bonds. The van der Waals surface area contributed by atoms with E-state index in [1.165, 1.54) is 0 Å². The number of carboxylic acid groups (broad SMARTS) is 1. The molecule has 0 fully saturated rings. The van der Waals surface area contributed by atoms with Gasteiger partial charge in [-0.05, 0) is 41.5 Å². The zero-order chi connectivity index (χ0) is 16.1. The van der Waals surface area contributed by atoms with Crippen molar-refractivity contribution in [3.63, 3.8) is 0 Å².